The van der Waals surface area contributed by atoms with Crippen LogP contribution in [0.5, 0.6) is 0 Å². The second-order valence-corrected chi connectivity index (χ2v) is 3.91. The van der Waals surface area contributed by atoms with Gasteiger partial charge in [-0.2, -0.15) is 0 Å². The highest BCUT2D eigenvalue weighted by atomic mass is 16.3. The number of carbonyl (C=O) groups is 2. The summed E-state index contributed by atoms with van der Waals surface area (Å²) in [6.45, 7) is 5.09. The molecule has 1 aliphatic heterocycles. The van der Waals surface area contributed by atoms with Gasteiger partial charge in [-0.25, -0.2) is 0 Å². The molecule has 0 aromatic heterocycles. The molecular weight excluding hydrogens is 182 g/mol. The molecule has 0 saturated carbocycles. The van der Waals surface area contributed by atoms with Crippen LogP contribution in [0.15, 0.2) is 11.6 Å². The summed E-state index contributed by atoms with van der Waals surface area (Å²) in [6.07, 6.45) is 1.80. The van der Waals surface area contributed by atoms with Crippen LogP contribution >= 0.6 is 0 Å². The molecule has 0 aromatic rings. The van der Waals surface area contributed by atoms with Crippen molar-refractivity contribution in [2.24, 2.45) is 0 Å². The summed E-state index contributed by atoms with van der Waals surface area (Å²) < 4.78 is 0. The first-order chi connectivity index (χ1) is 6.37. The maximum absolute atomic E-state index is 11.4. The number of hydrogen-bond acceptors (Lipinski definition) is 3. The van der Waals surface area contributed by atoms with E-state index >= 15 is 0 Å². The van der Waals surface area contributed by atoms with Crippen molar-refractivity contribution in [2.75, 3.05) is 6.54 Å². The van der Waals surface area contributed by atoms with E-state index in [0.29, 0.717) is 12.0 Å². The molecule has 0 bridgehead atoms. The summed E-state index contributed by atoms with van der Waals surface area (Å²) in [5.41, 5.74) is -0.564. The van der Waals surface area contributed by atoms with E-state index in [2.05, 4.69) is 0 Å². The summed E-state index contributed by atoms with van der Waals surface area (Å²) in [7, 11) is 0. The van der Waals surface area contributed by atoms with Crippen molar-refractivity contribution in [3.63, 3.8) is 0 Å². The molecule has 0 fully saturated rings. The average molecular weight is 197 g/mol. The predicted octanol–water partition coefficient (Wildman–Crippen LogP) is 0.463. The summed E-state index contributed by atoms with van der Waals surface area (Å²) in [6, 6.07) is 0. The van der Waals surface area contributed by atoms with Crippen molar-refractivity contribution in [1.82, 2.24) is 4.90 Å². The number of hydrogen-bond donors (Lipinski definition) is 1. The number of aliphatic hydroxyl groups is 1. The van der Waals surface area contributed by atoms with Gasteiger partial charge in [-0.15, -0.1) is 0 Å². The first-order valence-electron chi connectivity index (χ1n) is 4.64. The third-order valence-corrected chi connectivity index (χ3v) is 2.45. The molecule has 0 radical (unpaired) electrons. The van der Waals surface area contributed by atoms with E-state index in [1.807, 2.05) is 6.92 Å². The molecule has 1 atom stereocenters. The number of carbonyl (C=O) groups excluding carboxylic acids is 2. The maximum atomic E-state index is 11.4. The Kier molecular flexibility index (Phi) is 2.76. The Morgan fingerprint density at radius 1 is 1.50 bits per heavy atom. The molecule has 0 spiro atoms. The number of rotatable bonds is 3. The monoisotopic (exact) mass is 197 g/mol. The van der Waals surface area contributed by atoms with Crippen molar-refractivity contribution >= 4 is 11.8 Å². The van der Waals surface area contributed by atoms with Gasteiger partial charge in [0.25, 0.3) is 11.8 Å². The summed E-state index contributed by atoms with van der Waals surface area (Å²) in [5.74, 6) is -0.634. The van der Waals surface area contributed by atoms with Gasteiger partial charge in [-0.1, -0.05) is 6.92 Å². The quantitative estimate of drug-likeness (QED) is 0.669. The van der Waals surface area contributed by atoms with Crippen LogP contribution in [0.2, 0.25) is 0 Å². The van der Waals surface area contributed by atoms with Gasteiger partial charge in [-0.05, 0) is 20.3 Å². The normalized spacial score (nSPS) is 21.1. The molecule has 14 heavy (non-hydrogen) atoms. The Morgan fingerprint density at radius 3 is 2.43 bits per heavy atom. The summed E-state index contributed by atoms with van der Waals surface area (Å²) in [5, 5.41) is 9.74. The van der Waals surface area contributed by atoms with Crippen LogP contribution in [0.1, 0.15) is 27.2 Å². The van der Waals surface area contributed by atoms with Crippen LogP contribution < -0.4 is 0 Å². The molecule has 1 unspecified atom stereocenters. The molecule has 0 aromatic carbocycles. The Labute approximate surface area is 83.2 Å². The number of imide groups is 1. The zero-order chi connectivity index (χ0) is 10.9. The van der Waals surface area contributed by atoms with E-state index in [1.54, 1.807) is 13.8 Å². The van der Waals surface area contributed by atoms with Crippen LogP contribution in [0.3, 0.4) is 0 Å². The Bertz CT molecular complexity index is 304. The maximum Gasteiger partial charge on any atom is 0.256 e. The SMILES string of the molecule is CCC(C)(O)CN1C(=O)C=C(C)C1=O. The highest BCUT2D eigenvalue weighted by molar-refractivity contribution is 6.15. The van der Waals surface area contributed by atoms with Gasteiger partial charge in [-0.3, -0.25) is 14.5 Å². The lowest BCUT2D eigenvalue weighted by Crippen LogP contribution is -2.43. The highest BCUT2D eigenvalue weighted by Crippen LogP contribution is 2.17. The summed E-state index contributed by atoms with van der Waals surface area (Å²) in [4.78, 5) is 23.8. The molecule has 1 N–H and O–H groups in total. The standard InChI is InChI=1S/C10H15NO3/c1-4-10(3,14)6-11-8(12)5-7(2)9(11)13/h5,14H,4,6H2,1-3H3. The topological polar surface area (TPSA) is 57.6 Å². The Balaban J connectivity index is 2.74. The molecule has 0 saturated heterocycles. The fourth-order valence-electron chi connectivity index (χ4n) is 1.24. The van der Waals surface area contributed by atoms with E-state index in [1.165, 1.54) is 6.08 Å². The van der Waals surface area contributed by atoms with Crippen LogP contribution in [-0.4, -0.2) is 34.0 Å². The highest BCUT2D eigenvalue weighted by Gasteiger charge is 2.33. The fourth-order valence-corrected chi connectivity index (χ4v) is 1.24. The lowest BCUT2D eigenvalue weighted by atomic mass is 10.0. The average Bonchev–Trinajstić information content (AvgIpc) is 2.32. The largest absolute Gasteiger partial charge is 0.388 e. The van der Waals surface area contributed by atoms with E-state index in [-0.39, 0.29) is 18.4 Å². The second-order valence-electron chi connectivity index (χ2n) is 3.91. The molecule has 1 rings (SSSR count). The zero-order valence-electron chi connectivity index (χ0n) is 8.70. The Morgan fingerprint density at radius 2 is 2.07 bits per heavy atom. The molecule has 4 nitrogen and oxygen atoms in total. The first kappa shape index (κ1) is 10.9. The second kappa shape index (κ2) is 3.53. The van der Waals surface area contributed by atoms with Gasteiger partial charge in [0.1, 0.15) is 0 Å². The van der Waals surface area contributed by atoms with Gasteiger partial charge >= 0.3 is 0 Å². The number of β-amino-alcohol motifs (C(OH)–C–C–N with tert-alkyl or cyclic N) is 1. The van der Waals surface area contributed by atoms with E-state index in [4.69, 9.17) is 0 Å². The minimum Gasteiger partial charge on any atom is -0.388 e. The number of amides is 2. The minimum atomic E-state index is -0.996. The molecule has 4 heteroatoms. The van der Waals surface area contributed by atoms with Crippen LogP contribution in [0.25, 0.3) is 0 Å². The molecule has 0 aliphatic carbocycles. The van der Waals surface area contributed by atoms with Crippen LogP contribution in [0, 0.1) is 0 Å². The third-order valence-electron chi connectivity index (χ3n) is 2.45. The summed E-state index contributed by atoms with van der Waals surface area (Å²) >= 11 is 0. The molecule has 2 amide bonds. The van der Waals surface area contributed by atoms with E-state index < -0.39 is 5.60 Å². The van der Waals surface area contributed by atoms with Crippen molar-refractivity contribution in [3.8, 4) is 0 Å². The lowest BCUT2D eigenvalue weighted by molar-refractivity contribution is -0.141. The smallest absolute Gasteiger partial charge is 0.256 e. The Hall–Kier alpha value is -1.16. The zero-order valence-corrected chi connectivity index (χ0v) is 8.70. The van der Waals surface area contributed by atoms with Gasteiger partial charge in [0, 0.05) is 11.6 Å². The third kappa shape index (κ3) is 2.01. The van der Waals surface area contributed by atoms with Crippen molar-refractivity contribution < 1.29 is 14.7 Å². The number of nitrogens with zero attached hydrogens (tertiary/aromatic N) is 1. The molecule has 1 aliphatic rings. The van der Waals surface area contributed by atoms with Gasteiger partial charge in [0.2, 0.25) is 0 Å². The first-order valence-corrected chi connectivity index (χ1v) is 4.64. The molecule has 1 heterocycles. The molecular formula is C10H15NO3. The van der Waals surface area contributed by atoms with Crippen molar-refractivity contribution in [2.45, 2.75) is 32.8 Å². The van der Waals surface area contributed by atoms with Gasteiger partial charge in [0.15, 0.2) is 0 Å². The fraction of sp³-hybridized carbons (Fsp3) is 0.600. The van der Waals surface area contributed by atoms with Crippen LogP contribution in [-0.2, 0) is 9.59 Å². The predicted molar refractivity (Wildman–Crippen MR) is 51.4 cm³/mol. The molecule has 78 valence electrons. The minimum absolute atomic E-state index is 0.0645. The van der Waals surface area contributed by atoms with Gasteiger partial charge in [0.05, 0.1) is 12.1 Å². The van der Waals surface area contributed by atoms with Gasteiger partial charge < -0.3 is 5.11 Å². The lowest BCUT2D eigenvalue weighted by Gasteiger charge is -2.26. The van der Waals surface area contributed by atoms with Crippen molar-refractivity contribution in [3.05, 3.63) is 11.6 Å². The van der Waals surface area contributed by atoms with E-state index in [0.717, 1.165) is 4.90 Å². The van der Waals surface area contributed by atoms with E-state index in [9.17, 15) is 14.7 Å². The van der Waals surface area contributed by atoms with Crippen LogP contribution in [0.4, 0.5) is 0 Å². The van der Waals surface area contributed by atoms with Crippen molar-refractivity contribution in [1.29, 1.82) is 0 Å².